The molecular weight excluding hydrogens is 487 g/mol. The van der Waals surface area contributed by atoms with Crippen molar-refractivity contribution in [2.45, 2.75) is 76.9 Å². The second kappa shape index (κ2) is 10.7. The van der Waals surface area contributed by atoms with Crippen LogP contribution in [0.2, 0.25) is 0 Å². The van der Waals surface area contributed by atoms with Crippen LogP contribution in [-0.4, -0.2) is 59.1 Å². The number of fused-ring (bicyclic) bond motifs is 1. The summed E-state index contributed by atoms with van der Waals surface area (Å²) in [6.45, 7) is 6.09. The van der Waals surface area contributed by atoms with Gasteiger partial charge in [-0.1, -0.05) is 12.1 Å². The first-order valence-corrected chi connectivity index (χ1v) is 13.2. The fourth-order valence-corrected chi connectivity index (χ4v) is 4.92. The summed E-state index contributed by atoms with van der Waals surface area (Å²) in [5.74, 6) is 0.750. The van der Waals surface area contributed by atoms with Crippen molar-refractivity contribution in [2.75, 3.05) is 11.9 Å². The molecule has 1 fully saturated rings. The van der Waals surface area contributed by atoms with Gasteiger partial charge in [0, 0.05) is 36.0 Å². The topological polar surface area (TPSA) is 110 Å². The van der Waals surface area contributed by atoms with Crippen LogP contribution in [0, 0.1) is 5.82 Å². The van der Waals surface area contributed by atoms with E-state index in [9.17, 15) is 14.6 Å². The lowest BCUT2D eigenvalue weighted by Gasteiger charge is -2.29. The Morgan fingerprint density at radius 1 is 1.18 bits per heavy atom. The molecule has 10 heteroatoms. The van der Waals surface area contributed by atoms with Crippen LogP contribution in [0.15, 0.2) is 48.9 Å². The van der Waals surface area contributed by atoms with Gasteiger partial charge in [0.05, 0.1) is 36.0 Å². The lowest BCUT2D eigenvalue weighted by atomic mass is 9.93. The molecule has 0 spiro atoms. The summed E-state index contributed by atoms with van der Waals surface area (Å²) < 4.78 is 23.7. The average molecular weight is 523 g/mol. The summed E-state index contributed by atoms with van der Waals surface area (Å²) in [5, 5.41) is 34.0. The van der Waals surface area contributed by atoms with Crippen LogP contribution >= 0.6 is 0 Å². The van der Waals surface area contributed by atoms with Gasteiger partial charge in [-0.15, -0.1) is 0 Å². The molecule has 3 N–H and O–H groups in total. The van der Waals surface area contributed by atoms with Crippen molar-refractivity contribution >= 4 is 16.7 Å². The minimum Gasteiger partial charge on any atom is -0.487 e. The smallest absolute Gasteiger partial charge is 0.165 e. The molecule has 0 bridgehead atoms. The SMILES string of the molecule is CCNc1cc2c(cn1)c(-c1cnn(C[C@@H](O)C(C)(C)O)c1)nn2[C@H]1CC[C@@H](Oc2ccccc2F)CC1. The number of benzene rings is 1. The van der Waals surface area contributed by atoms with Gasteiger partial charge in [-0.05, 0) is 58.6 Å². The lowest BCUT2D eigenvalue weighted by molar-refractivity contribution is -0.0566. The van der Waals surface area contributed by atoms with Crippen molar-refractivity contribution in [3.05, 3.63) is 54.7 Å². The molecule has 0 amide bonds. The standard InChI is InChI=1S/C28H35FN6O3/c1-4-30-26-13-23-21(15-31-26)27(18-14-32-34(16-18)17-25(36)28(2,3)37)33-35(23)19-9-11-20(12-10-19)38-24-8-6-5-7-22(24)29/h5-8,13-16,19-20,25,36-37H,4,9-12,17H2,1-3H3,(H,30,31)/t19-,20+,25-/m1/s1. The monoisotopic (exact) mass is 522 g/mol. The third-order valence-electron chi connectivity index (χ3n) is 7.15. The van der Waals surface area contributed by atoms with Crippen LogP contribution in [0.4, 0.5) is 10.2 Å². The van der Waals surface area contributed by atoms with Crippen LogP contribution in [0.25, 0.3) is 22.2 Å². The molecule has 1 aromatic carbocycles. The minimum atomic E-state index is -1.23. The van der Waals surface area contributed by atoms with Crippen molar-refractivity contribution in [1.29, 1.82) is 0 Å². The van der Waals surface area contributed by atoms with Gasteiger partial charge in [0.15, 0.2) is 11.6 Å². The quantitative estimate of drug-likeness (QED) is 0.296. The largest absolute Gasteiger partial charge is 0.487 e. The predicted molar refractivity (Wildman–Crippen MR) is 144 cm³/mol. The zero-order chi connectivity index (χ0) is 26.9. The van der Waals surface area contributed by atoms with E-state index in [0.717, 1.165) is 60.2 Å². The Morgan fingerprint density at radius 3 is 2.66 bits per heavy atom. The number of halogens is 1. The third-order valence-corrected chi connectivity index (χ3v) is 7.15. The maximum absolute atomic E-state index is 14.1. The first kappa shape index (κ1) is 26.1. The minimum absolute atomic E-state index is 0.0381. The third kappa shape index (κ3) is 5.51. The number of aliphatic hydroxyl groups is 2. The molecular formula is C28H35FN6O3. The van der Waals surface area contributed by atoms with Gasteiger partial charge in [-0.2, -0.15) is 10.2 Å². The van der Waals surface area contributed by atoms with E-state index in [1.165, 1.54) is 6.07 Å². The molecule has 1 aliphatic rings. The molecule has 0 aliphatic heterocycles. The highest BCUT2D eigenvalue weighted by Gasteiger charge is 2.28. The van der Waals surface area contributed by atoms with E-state index >= 15 is 0 Å². The van der Waals surface area contributed by atoms with Gasteiger partial charge in [0.25, 0.3) is 0 Å². The average Bonchev–Trinajstić information content (AvgIpc) is 3.50. The molecule has 38 heavy (non-hydrogen) atoms. The maximum Gasteiger partial charge on any atom is 0.165 e. The van der Waals surface area contributed by atoms with Gasteiger partial charge in [-0.25, -0.2) is 9.37 Å². The van der Waals surface area contributed by atoms with Gasteiger partial charge in [0.1, 0.15) is 17.6 Å². The molecule has 1 saturated carbocycles. The number of ether oxygens (including phenoxy) is 1. The summed E-state index contributed by atoms with van der Waals surface area (Å²) in [7, 11) is 0. The summed E-state index contributed by atoms with van der Waals surface area (Å²) in [6.07, 6.45) is 7.69. The second-order valence-corrected chi connectivity index (χ2v) is 10.5. The fourth-order valence-electron chi connectivity index (χ4n) is 4.92. The van der Waals surface area contributed by atoms with Crippen LogP contribution in [-0.2, 0) is 6.54 Å². The molecule has 9 nitrogen and oxygen atoms in total. The number of aromatic nitrogens is 5. The Hall–Kier alpha value is -3.50. The van der Waals surface area contributed by atoms with Crippen molar-refractivity contribution in [2.24, 2.45) is 0 Å². The lowest BCUT2D eigenvalue weighted by Crippen LogP contribution is -2.39. The highest BCUT2D eigenvalue weighted by Crippen LogP contribution is 2.36. The molecule has 1 aliphatic carbocycles. The number of nitrogens with zero attached hydrogens (tertiary/aromatic N) is 5. The highest BCUT2D eigenvalue weighted by molar-refractivity contribution is 5.93. The van der Waals surface area contributed by atoms with E-state index in [4.69, 9.17) is 9.84 Å². The Bertz CT molecular complexity index is 1390. The number of rotatable bonds is 9. The van der Waals surface area contributed by atoms with Crippen molar-refractivity contribution in [3.8, 4) is 17.0 Å². The van der Waals surface area contributed by atoms with Gasteiger partial charge < -0.3 is 20.3 Å². The van der Waals surface area contributed by atoms with E-state index in [1.54, 1.807) is 42.9 Å². The summed E-state index contributed by atoms with van der Waals surface area (Å²) in [4.78, 5) is 4.58. The number of hydrogen-bond donors (Lipinski definition) is 3. The van der Waals surface area contributed by atoms with Crippen molar-refractivity contribution < 1.29 is 19.3 Å². The number of nitrogens with one attached hydrogen (secondary N) is 1. The molecule has 5 rings (SSSR count). The molecule has 3 aromatic heterocycles. The Labute approximate surface area is 221 Å². The fraction of sp³-hybridized carbons (Fsp3) is 0.464. The van der Waals surface area contributed by atoms with E-state index in [2.05, 4.69) is 20.1 Å². The first-order valence-electron chi connectivity index (χ1n) is 13.2. The Morgan fingerprint density at radius 2 is 1.95 bits per heavy atom. The molecule has 202 valence electrons. The number of hydrogen-bond acceptors (Lipinski definition) is 7. The van der Waals surface area contributed by atoms with Crippen molar-refractivity contribution in [1.82, 2.24) is 24.5 Å². The maximum atomic E-state index is 14.1. The zero-order valence-corrected chi connectivity index (χ0v) is 22.0. The molecule has 0 saturated heterocycles. The number of aliphatic hydroxyl groups excluding tert-OH is 1. The van der Waals surface area contributed by atoms with Crippen molar-refractivity contribution in [3.63, 3.8) is 0 Å². The van der Waals surface area contributed by atoms with E-state index in [1.807, 2.05) is 25.4 Å². The van der Waals surface area contributed by atoms with Crippen LogP contribution in [0.1, 0.15) is 52.5 Å². The van der Waals surface area contributed by atoms with Gasteiger partial charge in [0.2, 0.25) is 0 Å². The molecule has 3 heterocycles. The summed E-state index contributed by atoms with van der Waals surface area (Å²) in [5.41, 5.74) is 1.33. The Kier molecular flexibility index (Phi) is 7.36. The number of pyridine rings is 1. The zero-order valence-electron chi connectivity index (χ0n) is 22.0. The molecule has 0 unspecified atom stereocenters. The normalized spacial score (nSPS) is 19.0. The Balaban J connectivity index is 1.40. The van der Waals surface area contributed by atoms with E-state index in [0.29, 0.717) is 5.75 Å². The van der Waals surface area contributed by atoms with E-state index < -0.39 is 11.7 Å². The molecule has 0 radical (unpaired) electrons. The van der Waals surface area contributed by atoms with Gasteiger partial charge >= 0.3 is 0 Å². The van der Waals surface area contributed by atoms with Crippen LogP contribution < -0.4 is 10.1 Å². The molecule has 1 atom stereocenters. The number of para-hydroxylation sites is 1. The van der Waals surface area contributed by atoms with Crippen LogP contribution in [0.3, 0.4) is 0 Å². The first-order chi connectivity index (χ1) is 18.2. The second-order valence-electron chi connectivity index (χ2n) is 10.5. The van der Waals surface area contributed by atoms with Gasteiger partial charge in [-0.3, -0.25) is 9.36 Å². The van der Waals surface area contributed by atoms with E-state index in [-0.39, 0.29) is 24.5 Å². The summed E-state index contributed by atoms with van der Waals surface area (Å²) >= 11 is 0. The summed E-state index contributed by atoms with van der Waals surface area (Å²) in [6, 6.07) is 8.72. The highest BCUT2D eigenvalue weighted by atomic mass is 19.1. The van der Waals surface area contributed by atoms with Crippen LogP contribution in [0.5, 0.6) is 5.75 Å². The predicted octanol–water partition coefficient (Wildman–Crippen LogP) is 4.56. The molecule has 4 aromatic rings. The number of anilines is 1.